The predicted molar refractivity (Wildman–Crippen MR) is 194 cm³/mol. The van der Waals surface area contributed by atoms with Gasteiger partial charge in [-0.2, -0.15) is 15.1 Å². The number of likely N-dealkylation sites (N-methyl/N-ethyl adjacent to an activating group) is 1. The summed E-state index contributed by atoms with van der Waals surface area (Å²) in [6.45, 7) is 4.69. The highest BCUT2D eigenvalue weighted by Gasteiger charge is 2.50. The van der Waals surface area contributed by atoms with Crippen LogP contribution in [-0.2, 0) is 45.1 Å². The first-order valence-corrected chi connectivity index (χ1v) is 18.9. The van der Waals surface area contributed by atoms with Gasteiger partial charge in [0.15, 0.2) is 11.6 Å². The van der Waals surface area contributed by atoms with Crippen molar-refractivity contribution in [3.63, 3.8) is 0 Å². The second kappa shape index (κ2) is 12.1. The zero-order valence-electron chi connectivity index (χ0n) is 30.0. The van der Waals surface area contributed by atoms with Gasteiger partial charge >= 0.3 is 6.01 Å². The molecule has 0 amide bonds. The second-order valence-electron chi connectivity index (χ2n) is 15.8. The van der Waals surface area contributed by atoms with E-state index >= 15 is 0 Å². The fraction of sp³-hybridized carbons (Fsp3) is 0.500. The number of halogens is 2. The molecule has 3 aromatic heterocycles. The van der Waals surface area contributed by atoms with Gasteiger partial charge in [-0.1, -0.05) is 30.3 Å². The molecule has 4 aliphatic heterocycles. The van der Waals surface area contributed by atoms with Crippen LogP contribution in [0.5, 0.6) is 6.01 Å². The maximum Gasteiger partial charge on any atom is 0.318 e. The van der Waals surface area contributed by atoms with Crippen molar-refractivity contribution in [3.05, 3.63) is 82.4 Å². The zero-order chi connectivity index (χ0) is 35.2. The van der Waals surface area contributed by atoms with E-state index in [0.717, 1.165) is 105 Å². The monoisotopic (exact) mass is 705 g/mol. The molecule has 0 radical (unpaired) electrons. The first-order valence-electron chi connectivity index (χ1n) is 18.9. The van der Waals surface area contributed by atoms with Crippen LogP contribution in [0.15, 0.2) is 48.5 Å². The van der Waals surface area contributed by atoms with Crippen LogP contribution >= 0.6 is 0 Å². The Kier molecular flexibility index (Phi) is 7.48. The molecule has 2 aromatic carbocycles. The number of anilines is 1. The van der Waals surface area contributed by atoms with Crippen molar-refractivity contribution in [1.29, 1.82) is 0 Å². The van der Waals surface area contributed by atoms with Crippen molar-refractivity contribution >= 4 is 16.9 Å². The van der Waals surface area contributed by atoms with Crippen LogP contribution in [0.25, 0.3) is 22.6 Å². The summed E-state index contributed by atoms with van der Waals surface area (Å²) in [6, 6.07) is 16.4. The number of aryl methyl sites for hydroxylation is 3. The highest BCUT2D eigenvalue weighted by atomic mass is 19.1. The Bertz CT molecular complexity index is 2200. The Morgan fingerprint density at radius 2 is 1.85 bits per heavy atom. The van der Waals surface area contributed by atoms with Crippen molar-refractivity contribution in [1.82, 2.24) is 39.1 Å². The third-order valence-corrected chi connectivity index (χ3v) is 12.8. The Morgan fingerprint density at radius 1 is 0.942 bits per heavy atom. The number of para-hydroxylation sites is 1. The van der Waals surface area contributed by atoms with Crippen LogP contribution in [0.4, 0.5) is 14.6 Å². The first kappa shape index (κ1) is 32.2. The minimum Gasteiger partial charge on any atom is -0.461 e. The molecule has 10 nitrogen and oxygen atoms in total. The summed E-state index contributed by atoms with van der Waals surface area (Å²) < 4.78 is 40.0. The Balaban J connectivity index is 1.03. The molecule has 5 aromatic rings. The van der Waals surface area contributed by atoms with E-state index in [0.29, 0.717) is 43.5 Å². The predicted octanol–water partition coefficient (Wildman–Crippen LogP) is 5.95. The summed E-state index contributed by atoms with van der Waals surface area (Å²) >= 11 is 0. The molecule has 0 saturated carbocycles. The standard InChI is InChI=1S/C40H45F2N9O/c1-47-24-29-33(21-40(47)15-6-10-26-9-3-4-11-30(26)40)43-38(52-25-39-14-7-17-50(39)22-27(41)20-39)45-36(29)49-16-8-18-51-28(23-49)19-32(46-51)37-44-35-31(42)12-5-13-34(35)48(37)2/h3-5,9,11-13,19,27H,6-8,10,14-18,20-25H2,1-2H3/t27-,39?,40+/m1/s1. The average Bonchev–Trinajstić information content (AvgIpc) is 3.86. The largest absolute Gasteiger partial charge is 0.461 e. The molecule has 12 heteroatoms. The minimum atomic E-state index is -0.819. The molecule has 0 N–H and O–H groups in total. The Hall–Kier alpha value is -4.42. The third kappa shape index (κ3) is 5.00. The lowest BCUT2D eigenvalue weighted by Gasteiger charge is -2.49. The molecule has 2 saturated heterocycles. The van der Waals surface area contributed by atoms with Gasteiger partial charge in [0.1, 0.15) is 29.8 Å². The quantitative estimate of drug-likeness (QED) is 0.222. The van der Waals surface area contributed by atoms with Gasteiger partial charge in [0.25, 0.3) is 0 Å². The molecule has 1 aliphatic carbocycles. The van der Waals surface area contributed by atoms with Gasteiger partial charge in [0.2, 0.25) is 0 Å². The molecule has 0 bridgehead atoms. The van der Waals surface area contributed by atoms with E-state index in [1.807, 2.05) is 17.7 Å². The molecule has 1 unspecified atom stereocenters. The lowest BCUT2D eigenvalue weighted by Crippen LogP contribution is -2.51. The van der Waals surface area contributed by atoms with Crippen LogP contribution < -0.4 is 9.64 Å². The summed E-state index contributed by atoms with van der Waals surface area (Å²) in [5.74, 6) is 1.21. The molecule has 7 heterocycles. The highest BCUT2D eigenvalue weighted by molar-refractivity contribution is 5.80. The molecule has 270 valence electrons. The van der Waals surface area contributed by atoms with Crippen molar-refractivity contribution in [2.45, 2.75) is 88.3 Å². The zero-order valence-corrected chi connectivity index (χ0v) is 30.0. The van der Waals surface area contributed by atoms with Gasteiger partial charge in [-0.05, 0) is 81.4 Å². The van der Waals surface area contributed by atoms with Crippen LogP contribution in [0, 0.1) is 5.82 Å². The van der Waals surface area contributed by atoms with Gasteiger partial charge in [-0.15, -0.1) is 0 Å². The number of alkyl halides is 1. The number of hydrogen-bond donors (Lipinski definition) is 0. The van der Waals surface area contributed by atoms with E-state index in [2.05, 4.69) is 61.7 Å². The molecule has 2 fully saturated rings. The summed E-state index contributed by atoms with van der Waals surface area (Å²) in [5.41, 5.74) is 7.47. The molecule has 52 heavy (non-hydrogen) atoms. The van der Waals surface area contributed by atoms with Crippen LogP contribution in [0.2, 0.25) is 0 Å². The molecule has 5 aliphatic rings. The smallest absolute Gasteiger partial charge is 0.318 e. The number of aromatic nitrogens is 6. The van der Waals surface area contributed by atoms with Crippen molar-refractivity contribution in [2.75, 3.05) is 38.2 Å². The van der Waals surface area contributed by atoms with E-state index in [4.69, 9.17) is 19.8 Å². The minimum absolute atomic E-state index is 0.143. The van der Waals surface area contributed by atoms with Crippen molar-refractivity contribution < 1.29 is 13.5 Å². The number of hydrogen-bond acceptors (Lipinski definition) is 8. The van der Waals surface area contributed by atoms with Crippen LogP contribution in [-0.4, -0.2) is 84.1 Å². The first-order chi connectivity index (χ1) is 25.3. The Morgan fingerprint density at radius 3 is 2.75 bits per heavy atom. The maximum absolute atomic E-state index is 14.7. The maximum atomic E-state index is 14.7. The van der Waals surface area contributed by atoms with Crippen LogP contribution in [0.1, 0.15) is 66.6 Å². The molecular formula is C40H45F2N9O. The van der Waals surface area contributed by atoms with E-state index < -0.39 is 6.17 Å². The van der Waals surface area contributed by atoms with Gasteiger partial charge in [0.05, 0.1) is 34.5 Å². The number of benzene rings is 2. The molecule has 1 spiro atoms. The van der Waals surface area contributed by atoms with Gasteiger partial charge in [0, 0.05) is 51.6 Å². The average molecular weight is 706 g/mol. The molecule has 3 atom stereocenters. The van der Waals surface area contributed by atoms with Gasteiger partial charge < -0.3 is 14.2 Å². The normalized spacial score (nSPS) is 26.0. The van der Waals surface area contributed by atoms with Crippen molar-refractivity contribution in [3.8, 4) is 17.5 Å². The van der Waals surface area contributed by atoms with E-state index in [1.165, 1.54) is 17.2 Å². The lowest BCUT2D eigenvalue weighted by molar-refractivity contribution is 0.0714. The van der Waals surface area contributed by atoms with Crippen LogP contribution in [0.3, 0.4) is 0 Å². The number of nitrogens with zero attached hydrogens (tertiary/aromatic N) is 9. The van der Waals surface area contributed by atoms with Gasteiger partial charge in [-0.3, -0.25) is 14.5 Å². The Labute approximate surface area is 302 Å². The summed E-state index contributed by atoms with van der Waals surface area (Å²) in [4.78, 5) is 22.3. The SMILES string of the molecule is CN1Cc2c(nc(OCC34CCCN3C[C@H](F)C4)nc2N2CCCn3nc(-c4nc5c(F)cccc5n4C)cc3C2)C[C@]12CCCc1ccccc12. The topological polar surface area (TPSA) is 80.4 Å². The number of imidazole rings is 1. The summed E-state index contributed by atoms with van der Waals surface area (Å²) in [6.07, 6.45) is 6.66. The lowest BCUT2D eigenvalue weighted by atomic mass is 9.71. The third-order valence-electron chi connectivity index (χ3n) is 12.8. The number of rotatable bonds is 5. The highest BCUT2D eigenvalue weighted by Crippen LogP contribution is 2.47. The van der Waals surface area contributed by atoms with E-state index in [-0.39, 0.29) is 16.9 Å². The summed E-state index contributed by atoms with van der Waals surface area (Å²) in [7, 11) is 4.16. The van der Waals surface area contributed by atoms with Gasteiger partial charge in [-0.25, -0.2) is 13.8 Å². The fourth-order valence-electron chi connectivity index (χ4n) is 10.2. The van der Waals surface area contributed by atoms with Crippen molar-refractivity contribution in [2.24, 2.45) is 7.05 Å². The number of fused-ring (bicyclic) bond motifs is 6. The van der Waals surface area contributed by atoms with E-state index in [9.17, 15) is 8.78 Å². The second-order valence-corrected chi connectivity index (χ2v) is 15.8. The molecular weight excluding hydrogens is 660 g/mol. The fourth-order valence-corrected chi connectivity index (χ4v) is 10.2. The van der Waals surface area contributed by atoms with E-state index in [1.54, 1.807) is 6.07 Å². The number of ether oxygens (including phenoxy) is 1. The summed E-state index contributed by atoms with van der Waals surface area (Å²) in [5, 5.41) is 4.98. The molecule has 10 rings (SSSR count).